The van der Waals surface area contributed by atoms with Crippen molar-refractivity contribution < 1.29 is 13.2 Å². The number of amides is 2. The van der Waals surface area contributed by atoms with Crippen LogP contribution in [-0.2, 0) is 10.0 Å². The molecule has 0 radical (unpaired) electrons. The van der Waals surface area contributed by atoms with Crippen molar-refractivity contribution in [2.45, 2.75) is 30.7 Å². The molecule has 0 bridgehead atoms. The van der Waals surface area contributed by atoms with Crippen LogP contribution in [0.4, 0.5) is 10.5 Å². The highest BCUT2D eigenvalue weighted by Crippen LogP contribution is 2.23. The summed E-state index contributed by atoms with van der Waals surface area (Å²) < 4.78 is 22.8. The molecule has 0 spiro atoms. The lowest BCUT2D eigenvalue weighted by Gasteiger charge is -2.32. The largest absolute Gasteiger partial charge is 0.382 e. The molecule has 0 atom stereocenters. The molecule has 2 rings (SSSR count). The number of primary sulfonamides is 1. The molecule has 1 aromatic carbocycles. The summed E-state index contributed by atoms with van der Waals surface area (Å²) in [5.74, 6) is 0. The number of sulfonamides is 1. The van der Waals surface area contributed by atoms with E-state index >= 15 is 0 Å². The number of nitrogens with two attached hydrogens (primary N) is 2. The first-order valence-corrected chi connectivity index (χ1v) is 8.26. The molecular formula is C13H20N4O3S. The average molecular weight is 312 g/mol. The van der Waals surface area contributed by atoms with Crippen molar-refractivity contribution in [3.05, 3.63) is 23.8 Å². The Morgan fingerprint density at radius 2 is 1.95 bits per heavy atom. The standard InChI is InChI=1S/C13H20N4O3S/c1-9-2-3-11(21(15,19)20)8-12(9)16-10-4-6-17(7-5-10)13(14)18/h2-3,8,10,16H,4-7H2,1H3,(H2,14,18)(H2,15,19,20). The fourth-order valence-corrected chi connectivity index (χ4v) is 2.94. The molecule has 1 fully saturated rings. The lowest BCUT2D eigenvalue weighted by molar-refractivity contribution is 0.193. The number of piperidine rings is 1. The molecule has 1 aliphatic heterocycles. The Hall–Kier alpha value is -1.80. The Labute approximate surface area is 124 Å². The van der Waals surface area contributed by atoms with Crippen LogP contribution in [0.3, 0.4) is 0 Å². The summed E-state index contributed by atoms with van der Waals surface area (Å²) in [6.07, 6.45) is 1.53. The van der Waals surface area contributed by atoms with Gasteiger partial charge in [-0.2, -0.15) is 0 Å². The zero-order valence-electron chi connectivity index (χ0n) is 11.9. The maximum absolute atomic E-state index is 11.4. The molecule has 8 heteroatoms. The average Bonchev–Trinajstić information content (AvgIpc) is 2.40. The Bertz CT molecular complexity index is 637. The quantitative estimate of drug-likeness (QED) is 0.757. The molecule has 1 heterocycles. The molecule has 1 aromatic rings. The zero-order valence-corrected chi connectivity index (χ0v) is 12.7. The second-order valence-corrected chi connectivity index (χ2v) is 6.83. The summed E-state index contributed by atoms with van der Waals surface area (Å²) in [5, 5.41) is 8.47. The number of likely N-dealkylation sites (tertiary alicyclic amines) is 1. The Balaban J connectivity index is 2.09. The minimum atomic E-state index is -3.71. The predicted molar refractivity (Wildman–Crippen MR) is 80.4 cm³/mol. The van der Waals surface area contributed by atoms with E-state index in [1.807, 2.05) is 6.92 Å². The molecule has 5 N–H and O–H groups in total. The van der Waals surface area contributed by atoms with Crippen molar-refractivity contribution in [3.63, 3.8) is 0 Å². The van der Waals surface area contributed by atoms with Gasteiger partial charge in [-0.15, -0.1) is 0 Å². The van der Waals surface area contributed by atoms with Crippen molar-refractivity contribution in [2.75, 3.05) is 18.4 Å². The number of rotatable bonds is 3. The van der Waals surface area contributed by atoms with Gasteiger partial charge in [-0.1, -0.05) is 6.07 Å². The first-order chi connectivity index (χ1) is 9.77. The number of aryl methyl sites for hydroxylation is 1. The van der Waals surface area contributed by atoms with Crippen molar-refractivity contribution in [2.24, 2.45) is 10.9 Å². The third kappa shape index (κ3) is 3.85. The molecule has 7 nitrogen and oxygen atoms in total. The first-order valence-electron chi connectivity index (χ1n) is 6.72. The Morgan fingerprint density at radius 3 is 2.48 bits per heavy atom. The number of primary amides is 1. The van der Waals surface area contributed by atoms with Gasteiger partial charge in [-0.25, -0.2) is 18.4 Å². The van der Waals surface area contributed by atoms with Gasteiger partial charge in [-0.05, 0) is 37.5 Å². The molecule has 0 unspecified atom stereocenters. The molecule has 0 saturated carbocycles. The number of carbonyl (C=O) groups is 1. The van der Waals surface area contributed by atoms with E-state index in [1.54, 1.807) is 17.0 Å². The summed E-state index contributed by atoms with van der Waals surface area (Å²) in [7, 11) is -3.71. The zero-order chi connectivity index (χ0) is 15.6. The summed E-state index contributed by atoms with van der Waals surface area (Å²) in [5.41, 5.74) is 6.94. The smallest absolute Gasteiger partial charge is 0.314 e. The van der Waals surface area contributed by atoms with E-state index in [1.165, 1.54) is 6.07 Å². The Morgan fingerprint density at radius 1 is 1.33 bits per heavy atom. The van der Waals surface area contributed by atoms with Gasteiger partial charge in [0, 0.05) is 24.8 Å². The van der Waals surface area contributed by atoms with Crippen molar-refractivity contribution in [1.82, 2.24) is 4.90 Å². The predicted octanol–water partition coefficient (Wildman–Crippen LogP) is 0.597. The van der Waals surface area contributed by atoms with Gasteiger partial charge < -0.3 is 16.0 Å². The van der Waals surface area contributed by atoms with Crippen LogP contribution in [0.25, 0.3) is 0 Å². The van der Waals surface area contributed by atoms with Gasteiger partial charge in [-0.3, -0.25) is 0 Å². The van der Waals surface area contributed by atoms with E-state index in [4.69, 9.17) is 10.9 Å². The summed E-state index contributed by atoms with van der Waals surface area (Å²) >= 11 is 0. The fraction of sp³-hybridized carbons (Fsp3) is 0.462. The van der Waals surface area contributed by atoms with E-state index in [-0.39, 0.29) is 10.9 Å². The lowest BCUT2D eigenvalue weighted by atomic mass is 10.0. The van der Waals surface area contributed by atoms with Gasteiger partial charge in [0.05, 0.1) is 4.90 Å². The minimum absolute atomic E-state index is 0.0881. The maximum Gasteiger partial charge on any atom is 0.314 e. The van der Waals surface area contributed by atoms with Crippen LogP contribution in [0.2, 0.25) is 0 Å². The number of hydrogen-bond acceptors (Lipinski definition) is 4. The number of benzene rings is 1. The van der Waals surface area contributed by atoms with Crippen LogP contribution in [0.1, 0.15) is 18.4 Å². The van der Waals surface area contributed by atoms with Crippen molar-refractivity contribution in [3.8, 4) is 0 Å². The first kappa shape index (κ1) is 15.6. The maximum atomic E-state index is 11.4. The molecule has 0 aliphatic carbocycles. The van der Waals surface area contributed by atoms with Crippen molar-refractivity contribution >= 4 is 21.7 Å². The van der Waals surface area contributed by atoms with Gasteiger partial charge in [0.25, 0.3) is 0 Å². The van der Waals surface area contributed by atoms with Crippen LogP contribution >= 0.6 is 0 Å². The molecule has 0 aromatic heterocycles. The van der Waals surface area contributed by atoms with E-state index in [0.717, 1.165) is 24.1 Å². The molecule has 2 amide bonds. The van der Waals surface area contributed by atoms with Gasteiger partial charge >= 0.3 is 6.03 Å². The number of nitrogens with zero attached hydrogens (tertiary/aromatic N) is 1. The second-order valence-electron chi connectivity index (χ2n) is 5.27. The highest BCUT2D eigenvalue weighted by molar-refractivity contribution is 7.89. The van der Waals surface area contributed by atoms with E-state index in [2.05, 4.69) is 5.32 Å². The number of urea groups is 1. The van der Waals surface area contributed by atoms with Crippen LogP contribution < -0.4 is 16.2 Å². The third-order valence-corrected chi connectivity index (χ3v) is 4.61. The number of nitrogens with one attached hydrogen (secondary N) is 1. The molecule has 1 saturated heterocycles. The number of carbonyl (C=O) groups excluding carboxylic acids is 1. The topological polar surface area (TPSA) is 119 Å². The lowest BCUT2D eigenvalue weighted by Crippen LogP contribution is -2.44. The SMILES string of the molecule is Cc1ccc(S(N)(=O)=O)cc1NC1CCN(C(N)=O)CC1. The van der Waals surface area contributed by atoms with Gasteiger partial charge in [0.1, 0.15) is 0 Å². The third-order valence-electron chi connectivity index (χ3n) is 3.70. The van der Waals surface area contributed by atoms with Crippen molar-refractivity contribution in [1.29, 1.82) is 0 Å². The van der Waals surface area contributed by atoms with E-state index in [0.29, 0.717) is 13.1 Å². The minimum Gasteiger partial charge on any atom is -0.382 e. The summed E-state index contributed by atoms with van der Waals surface area (Å²) in [6.45, 7) is 3.09. The van der Waals surface area contributed by atoms with Crippen LogP contribution in [0, 0.1) is 6.92 Å². The van der Waals surface area contributed by atoms with E-state index < -0.39 is 16.1 Å². The highest BCUT2D eigenvalue weighted by Gasteiger charge is 2.21. The Kier molecular flexibility index (Phi) is 4.38. The van der Waals surface area contributed by atoms with Crippen LogP contribution in [0.15, 0.2) is 23.1 Å². The molecule has 1 aliphatic rings. The monoisotopic (exact) mass is 312 g/mol. The van der Waals surface area contributed by atoms with Crippen LogP contribution in [0.5, 0.6) is 0 Å². The van der Waals surface area contributed by atoms with E-state index in [9.17, 15) is 13.2 Å². The second kappa shape index (κ2) is 5.90. The van der Waals surface area contributed by atoms with Gasteiger partial charge in [0.2, 0.25) is 10.0 Å². The highest BCUT2D eigenvalue weighted by atomic mass is 32.2. The molecule has 21 heavy (non-hydrogen) atoms. The number of hydrogen-bond donors (Lipinski definition) is 3. The molecular weight excluding hydrogens is 292 g/mol. The summed E-state index contributed by atoms with van der Waals surface area (Å²) in [4.78, 5) is 12.8. The molecule has 116 valence electrons. The number of anilines is 1. The van der Waals surface area contributed by atoms with Gasteiger partial charge in [0.15, 0.2) is 0 Å². The van der Waals surface area contributed by atoms with Crippen LogP contribution in [-0.4, -0.2) is 38.5 Å². The summed E-state index contributed by atoms with van der Waals surface area (Å²) in [6, 6.07) is 4.54. The fourth-order valence-electron chi connectivity index (χ4n) is 2.40. The normalized spacial score (nSPS) is 16.8.